The predicted octanol–water partition coefficient (Wildman–Crippen LogP) is 2.77. The van der Waals surface area contributed by atoms with Gasteiger partial charge >= 0.3 is 0 Å². The van der Waals surface area contributed by atoms with Crippen LogP contribution >= 0.6 is 0 Å². The van der Waals surface area contributed by atoms with Crippen molar-refractivity contribution in [1.82, 2.24) is 4.98 Å². The van der Waals surface area contributed by atoms with Crippen molar-refractivity contribution < 1.29 is 8.98 Å². The number of benzene rings is 1. The molecule has 19 heavy (non-hydrogen) atoms. The minimum atomic E-state index is 0.631. The highest BCUT2D eigenvalue weighted by Gasteiger charge is 2.11. The van der Waals surface area contributed by atoms with Gasteiger partial charge < -0.3 is 10.2 Å². The fraction of sp³-hybridized carbons (Fsp3) is 0.200. The zero-order valence-electron chi connectivity index (χ0n) is 10.8. The summed E-state index contributed by atoms with van der Waals surface area (Å²) in [5.74, 6) is 0.631. The second kappa shape index (κ2) is 4.72. The summed E-state index contributed by atoms with van der Waals surface area (Å²) < 4.78 is 7.90. The highest BCUT2D eigenvalue weighted by Crippen LogP contribution is 2.24. The average Bonchev–Trinajstić information content (AvgIpc) is 2.82. The molecule has 0 unspecified atom stereocenters. The molecule has 3 aromatic rings. The van der Waals surface area contributed by atoms with Crippen LogP contribution < -0.4 is 10.3 Å². The van der Waals surface area contributed by atoms with Gasteiger partial charge in [-0.25, -0.2) is 9.55 Å². The Morgan fingerprint density at radius 3 is 3.05 bits per heavy atom. The normalized spacial score (nSPS) is 11.0. The summed E-state index contributed by atoms with van der Waals surface area (Å²) >= 11 is 0. The lowest BCUT2D eigenvalue weighted by atomic mass is 10.3. The molecule has 2 heterocycles. The third-order valence-corrected chi connectivity index (χ3v) is 3.00. The number of fused-ring (bicyclic) bond motifs is 1. The number of hydrogen-bond acceptors (Lipinski definition) is 3. The number of pyridine rings is 1. The van der Waals surface area contributed by atoms with E-state index in [1.165, 1.54) is 0 Å². The van der Waals surface area contributed by atoms with Crippen molar-refractivity contribution >= 4 is 16.8 Å². The zero-order chi connectivity index (χ0) is 13.2. The molecule has 0 spiro atoms. The minimum absolute atomic E-state index is 0.631. The first-order valence-corrected chi connectivity index (χ1v) is 6.42. The third-order valence-electron chi connectivity index (χ3n) is 3.00. The molecule has 2 N–H and O–H groups in total. The number of nitrogen functional groups attached to an aromatic ring is 1. The van der Waals surface area contributed by atoms with Crippen molar-refractivity contribution in [2.24, 2.45) is 0 Å². The predicted molar refractivity (Wildman–Crippen MR) is 74.3 cm³/mol. The van der Waals surface area contributed by atoms with Crippen LogP contribution in [0.1, 0.15) is 13.3 Å². The van der Waals surface area contributed by atoms with Gasteiger partial charge in [-0.2, -0.15) is 0 Å². The van der Waals surface area contributed by atoms with Crippen molar-refractivity contribution in [3.8, 4) is 11.5 Å². The Labute approximate surface area is 111 Å². The Bertz CT molecular complexity index is 718. The molecule has 0 saturated heterocycles. The largest absolute Gasteiger partial charge is 0.436 e. The average molecular weight is 254 g/mol. The lowest BCUT2D eigenvalue weighted by molar-refractivity contribution is -0.696. The molecule has 4 heteroatoms. The molecule has 0 radical (unpaired) electrons. The van der Waals surface area contributed by atoms with E-state index in [4.69, 9.17) is 10.2 Å². The van der Waals surface area contributed by atoms with E-state index in [2.05, 4.69) is 22.7 Å². The molecule has 0 fully saturated rings. The minimum Gasteiger partial charge on any atom is -0.436 e. The molecule has 0 aliphatic carbocycles. The van der Waals surface area contributed by atoms with Gasteiger partial charge in [-0.15, -0.1) is 0 Å². The van der Waals surface area contributed by atoms with Gasteiger partial charge in [0.2, 0.25) is 5.89 Å². The Hall–Kier alpha value is -2.36. The van der Waals surface area contributed by atoms with Crippen molar-refractivity contribution in [3.05, 3.63) is 42.7 Å². The topological polar surface area (TPSA) is 55.9 Å². The molecule has 0 amide bonds. The van der Waals surface area contributed by atoms with Crippen molar-refractivity contribution in [2.45, 2.75) is 19.9 Å². The second-order valence-electron chi connectivity index (χ2n) is 4.58. The maximum Gasteiger partial charge on any atom is 0.233 e. The van der Waals surface area contributed by atoms with Gasteiger partial charge in [0, 0.05) is 24.2 Å². The highest BCUT2D eigenvalue weighted by molar-refractivity contribution is 5.79. The number of rotatable bonds is 3. The molecule has 4 nitrogen and oxygen atoms in total. The summed E-state index contributed by atoms with van der Waals surface area (Å²) in [5, 5.41) is 0. The van der Waals surface area contributed by atoms with Gasteiger partial charge in [0.1, 0.15) is 17.6 Å². The van der Waals surface area contributed by atoms with Crippen molar-refractivity contribution in [3.63, 3.8) is 0 Å². The van der Waals surface area contributed by atoms with E-state index in [1.807, 2.05) is 30.5 Å². The zero-order valence-corrected chi connectivity index (χ0v) is 10.8. The number of oxazole rings is 1. The molecule has 96 valence electrons. The molecular formula is C15H16N3O+. The van der Waals surface area contributed by atoms with Gasteiger partial charge in [0.05, 0.1) is 0 Å². The van der Waals surface area contributed by atoms with E-state index >= 15 is 0 Å². The summed E-state index contributed by atoms with van der Waals surface area (Å²) in [7, 11) is 0. The maximum atomic E-state index is 5.76. The SMILES string of the molecule is CCC[n+]1cccc(-c2nc3ccc(N)cc3o2)c1. The van der Waals surface area contributed by atoms with Crippen LogP contribution in [0.2, 0.25) is 0 Å². The van der Waals surface area contributed by atoms with E-state index in [0.29, 0.717) is 11.6 Å². The quantitative estimate of drug-likeness (QED) is 0.577. The van der Waals surface area contributed by atoms with Crippen LogP contribution in [0.5, 0.6) is 0 Å². The number of anilines is 1. The fourth-order valence-corrected chi connectivity index (χ4v) is 2.11. The Morgan fingerprint density at radius 1 is 1.32 bits per heavy atom. The number of nitrogens with zero attached hydrogens (tertiary/aromatic N) is 2. The Kier molecular flexibility index (Phi) is 2.91. The van der Waals surface area contributed by atoms with Crippen LogP contribution in [0.4, 0.5) is 5.69 Å². The van der Waals surface area contributed by atoms with E-state index < -0.39 is 0 Å². The van der Waals surface area contributed by atoms with Crippen LogP contribution in [0.3, 0.4) is 0 Å². The lowest BCUT2D eigenvalue weighted by Gasteiger charge is -1.95. The standard InChI is InChI=1S/C15H16N3O/c1-2-7-18-8-3-4-11(10-18)15-17-13-6-5-12(16)9-14(13)19-15/h3-6,8-10H,2,7,16H2,1H3/q+1. The molecule has 0 aliphatic rings. The highest BCUT2D eigenvalue weighted by atomic mass is 16.3. The summed E-state index contributed by atoms with van der Waals surface area (Å²) in [5.41, 5.74) is 8.96. The molecule has 3 rings (SSSR count). The summed E-state index contributed by atoms with van der Waals surface area (Å²) in [6.45, 7) is 3.14. The van der Waals surface area contributed by atoms with Gasteiger partial charge in [-0.05, 0) is 18.2 Å². The molecular weight excluding hydrogens is 238 g/mol. The van der Waals surface area contributed by atoms with Gasteiger partial charge in [0.25, 0.3) is 0 Å². The number of nitrogens with two attached hydrogens (primary N) is 1. The van der Waals surface area contributed by atoms with Crippen LogP contribution in [0.15, 0.2) is 47.1 Å². The second-order valence-corrected chi connectivity index (χ2v) is 4.58. The smallest absolute Gasteiger partial charge is 0.233 e. The van der Waals surface area contributed by atoms with E-state index in [1.54, 1.807) is 6.07 Å². The third kappa shape index (κ3) is 2.29. The van der Waals surface area contributed by atoms with Crippen molar-refractivity contribution in [2.75, 3.05) is 5.73 Å². The molecule has 0 aliphatic heterocycles. The van der Waals surface area contributed by atoms with Gasteiger partial charge in [0.15, 0.2) is 18.0 Å². The van der Waals surface area contributed by atoms with Crippen LogP contribution in [-0.4, -0.2) is 4.98 Å². The Balaban J connectivity index is 2.05. The number of aromatic nitrogens is 2. The summed E-state index contributed by atoms with van der Waals surface area (Å²) in [6.07, 6.45) is 5.20. The first-order chi connectivity index (χ1) is 9.26. The van der Waals surface area contributed by atoms with Crippen LogP contribution in [0.25, 0.3) is 22.6 Å². The van der Waals surface area contributed by atoms with Gasteiger partial charge in [-0.3, -0.25) is 0 Å². The number of aryl methyl sites for hydroxylation is 1. The molecule has 2 aromatic heterocycles. The molecule has 0 saturated carbocycles. The Morgan fingerprint density at radius 2 is 2.21 bits per heavy atom. The summed E-state index contributed by atoms with van der Waals surface area (Å²) in [4.78, 5) is 4.49. The van der Waals surface area contributed by atoms with E-state index in [9.17, 15) is 0 Å². The van der Waals surface area contributed by atoms with E-state index in [-0.39, 0.29) is 0 Å². The first-order valence-electron chi connectivity index (χ1n) is 6.42. The monoisotopic (exact) mass is 254 g/mol. The van der Waals surface area contributed by atoms with Gasteiger partial charge in [-0.1, -0.05) is 6.92 Å². The molecule has 0 atom stereocenters. The van der Waals surface area contributed by atoms with Crippen LogP contribution in [-0.2, 0) is 6.54 Å². The molecule has 0 bridgehead atoms. The van der Waals surface area contributed by atoms with E-state index in [0.717, 1.165) is 29.6 Å². The fourth-order valence-electron chi connectivity index (χ4n) is 2.11. The van der Waals surface area contributed by atoms with Crippen LogP contribution in [0, 0.1) is 0 Å². The molecule has 1 aromatic carbocycles. The number of hydrogen-bond donors (Lipinski definition) is 1. The first kappa shape index (κ1) is 11.7. The lowest BCUT2D eigenvalue weighted by Crippen LogP contribution is -2.32. The maximum absolute atomic E-state index is 5.76. The van der Waals surface area contributed by atoms with Crippen molar-refractivity contribution in [1.29, 1.82) is 0 Å². The summed E-state index contributed by atoms with van der Waals surface area (Å²) in [6, 6.07) is 9.51.